The monoisotopic (exact) mass is 196 g/mol. The van der Waals surface area contributed by atoms with Gasteiger partial charge >= 0.3 is 5.97 Å². The lowest BCUT2D eigenvalue weighted by Crippen LogP contribution is -1.86. The number of carboxylic acids is 1. The summed E-state index contributed by atoms with van der Waals surface area (Å²) in [7, 11) is 1.62. The number of carboxylic acid groups (broad SMARTS) is 1. The molecule has 0 radical (unpaired) electrons. The van der Waals surface area contributed by atoms with Crippen molar-refractivity contribution in [3.05, 3.63) is 0 Å². The van der Waals surface area contributed by atoms with Crippen molar-refractivity contribution < 1.29 is 9.90 Å². The van der Waals surface area contributed by atoms with Crippen LogP contribution in [0.3, 0.4) is 0 Å². The normalized spacial score (nSPS) is 11.3. The molecule has 1 unspecified atom stereocenters. The standard InChI is InChI=1S/C4H10S2.C3H6O2/c1-3-4(2)6-5;1-2-3(4)5/h4-5H,3H2,1-2H3;2H2,1H3,(H,4,5). The Morgan fingerprint density at radius 2 is 2.00 bits per heavy atom. The smallest absolute Gasteiger partial charge is 0.303 e. The molecule has 1 atom stereocenters. The minimum atomic E-state index is -0.745. The minimum Gasteiger partial charge on any atom is -0.481 e. The topological polar surface area (TPSA) is 37.3 Å². The molecule has 0 aromatic carbocycles. The van der Waals surface area contributed by atoms with Crippen molar-refractivity contribution >= 4 is 28.4 Å². The Hall–Kier alpha value is 0.170. The molecule has 0 amide bonds. The summed E-state index contributed by atoms with van der Waals surface area (Å²) >= 11 is 4.01. The van der Waals surface area contributed by atoms with Gasteiger partial charge in [0.05, 0.1) is 0 Å². The van der Waals surface area contributed by atoms with Crippen LogP contribution < -0.4 is 0 Å². The Kier molecular flexibility index (Phi) is 12.7. The second kappa shape index (κ2) is 10.2. The van der Waals surface area contributed by atoms with Crippen molar-refractivity contribution in [2.24, 2.45) is 0 Å². The van der Waals surface area contributed by atoms with Crippen molar-refractivity contribution in [1.82, 2.24) is 0 Å². The zero-order valence-corrected chi connectivity index (χ0v) is 8.91. The van der Waals surface area contributed by atoms with Crippen molar-refractivity contribution in [3.8, 4) is 0 Å². The third-order valence-electron chi connectivity index (χ3n) is 1.06. The maximum atomic E-state index is 9.37. The molecule has 0 aliphatic carbocycles. The molecule has 0 rings (SSSR count). The van der Waals surface area contributed by atoms with Crippen molar-refractivity contribution in [2.45, 2.75) is 38.9 Å². The Balaban J connectivity index is 0. The van der Waals surface area contributed by atoms with E-state index in [1.54, 1.807) is 17.7 Å². The summed E-state index contributed by atoms with van der Waals surface area (Å²) in [6, 6.07) is 0. The molecule has 0 aliphatic heterocycles. The first-order valence-electron chi connectivity index (χ1n) is 3.60. The van der Waals surface area contributed by atoms with Gasteiger partial charge in [-0.1, -0.05) is 31.6 Å². The lowest BCUT2D eigenvalue weighted by molar-refractivity contribution is -0.136. The largest absolute Gasteiger partial charge is 0.481 e. The number of hydrogen-bond acceptors (Lipinski definition) is 3. The van der Waals surface area contributed by atoms with E-state index < -0.39 is 5.97 Å². The van der Waals surface area contributed by atoms with Gasteiger partial charge in [0.1, 0.15) is 0 Å². The lowest BCUT2D eigenvalue weighted by atomic mass is 10.4. The van der Waals surface area contributed by atoms with E-state index in [4.69, 9.17) is 5.11 Å². The van der Waals surface area contributed by atoms with Crippen LogP contribution >= 0.6 is 22.5 Å². The Morgan fingerprint density at radius 1 is 1.64 bits per heavy atom. The van der Waals surface area contributed by atoms with E-state index in [2.05, 4.69) is 25.5 Å². The molecule has 0 aliphatic rings. The van der Waals surface area contributed by atoms with E-state index in [9.17, 15) is 4.79 Å². The van der Waals surface area contributed by atoms with Gasteiger partial charge < -0.3 is 5.11 Å². The Bertz CT molecular complexity index is 92.4. The zero-order valence-electron chi connectivity index (χ0n) is 7.20. The molecule has 1 N–H and O–H groups in total. The molecule has 2 nitrogen and oxygen atoms in total. The molecule has 4 heteroatoms. The zero-order chi connectivity index (χ0) is 9.28. The molecule has 0 bridgehead atoms. The fourth-order valence-corrected chi connectivity index (χ4v) is 0.671. The van der Waals surface area contributed by atoms with Crippen molar-refractivity contribution in [1.29, 1.82) is 0 Å². The van der Waals surface area contributed by atoms with Gasteiger partial charge in [-0.2, -0.15) is 0 Å². The molecule has 0 spiro atoms. The van der Waals surface area contributed by atoms with Crippen molar-refractivity contribution in [2.75, 3.05) is 0 Å². The summed E-state index contributed by atoms with van der Waals surface area (Å²) in [4.78, 5) is 9.37. The average Bonchev–Trinajstić information content (AvgIpc) is 2.04. The van der Waals surface area contributed by atoms with Gasteiger partial charge in [-0.15, -0.1) is 11.7 Å². The Morgan fingerprint density at radius 3 is 2.00 bits per heavy atom. The highest BCUT2D eigenvalue weighted by molar-refractivity contribution is 8.68. The number of carbonyl (C=O) groups is 1. The first-order chi connectivity index (χ1) is 5.08. The maximum Gasteiger partial charge on any atom is 0.303 e. The molecule has 0 saturated carbocycles. The molecule has 68 valence electrons. The van der Waals surface area contributed by atoms with Crippen LogP contribution in [0.15, 0.2) is 0 Å². The van der Waals surface area contributed by atoms with E-state index >= 15 is 0 Å². The minimum absolute atomic E-state index is 0.222. The molecular weight excluding hydrogens is 180 g/mol. The van der Waals surface area contributed by atoms with E-state index in [-0.39, 0.29) is 6.42 Å². The fourth-order valence-electron chi connectivity index (χ4n) is 0.0745. The molecule has 0 aromatic rings. The number of hydrogen-bond donors (Lipinski definition) is 2. The quantitative estimate of drug-likeness (QED) is 0.538. The predicted octanol–water partition coefficient (Wildman–Crippen LogP) is 2.84. The van der Waals surface area contributed by atoms with E-state index in [0.717, 1.165) is 0 Å². The van der Waals surface area contributed by atoms with Crippen LogP contribution in [-0.2, 0) is 4.79 Å². The summed E-state index contributed by atoms with van der Waals surface area (Å²) in [5, 5.41) is 8.44. The molecule has 0 saturated heterocycles. The number of aliphatic carboxylic acids is 1. The van der Waals surface area contributed by atoms with Gasteiger partial charge in [0.15, 0.2) is 0 Å². The van der Waals surface area contributed by atoms with Gasteiger partial charge in [-0.3, -0.25) is 4.79 Å². The first-order valence-corrected chi connectivity index (χ1v) is 5.53. The van der Waals surface area contributed by atoms with E-state index in [0.29, 0.717) is 5.25 Å². The first kappa shape index (κ1) is 13.7. The average molecular weight is 196 g/mol. The van der Waals surface area contributed by atoms with Crippen LogP contribution in [-0.4, -0.2) is 16.3 Å². The van der Waals surface area contributed by atoms with Gasteiger partial charge in [0, 0.05) is 11.7 Å². The predicted molar refractivity (Wildman–Crippen MR) is 54.3 cm³/mol. The Labute approximate surface area is 77.6 Å². The number of rotatable bonds is 3. The lowest BCUT2D eigenvalue weighted by Gasteiger charge is -1.97. The van der Waals surface area contributed by atoms with Crippen molar-refractivity contribution in [3.63, 3.8) is 0 Å². The summed E-state index contributed by atoms with van der Waals surface area (Å²) in [5.74, 6) is -0.745. The summed E-state index contributed by atoms with van der Waals surface area (Å²) in [5.41, 5.74) is 0. The molecule has 0 fully saturated rings. The van der Waals surface area contributed by atoms with Crippen LogP contribution in [0.2, 0.25) is 0 Å². The van der Waals surface area contributed by atoms with E-state index in [1.165, 1.54) is 6.42 Å². The summed E-state index contributed by atoms with van der Waals surface area (Å²) < 4.78 is 0. The third kappa shape index (κ3) is 17.8. The highest BCUT2D eigenvalue weighted by Gasteiger charge is 1.90. The summed E-state index contributed by atoms with van der Waals surface area (Å²) in [6.07, 6.45) is 1.44. The van der Waals surface area contributed by atoms with Gasteiger partial charge in [-0.05, 0) is 6.42 Å². The molecule has 0 aromatic heterocycles. The van der Waals surface area contributed by atoms with Gasteiger partial charge in [-0.25, -0.2) is 0 Å². The second-order valence-corrected chi connectivity index (χ2v) is 3.72. The van der Waals surface area contributed by atoms with Crippen LogP contribution in [0.5, 0.6) is 0 Å². The number of thiol groups is 1. The van der Waals surface area contributed by atoms with Gasteiger partial charge in [0.25, 0.3) is 0 Å². The van der Waals surface area contributed by atoms with E-state index in [1.807, 2.05) is 0 Å². The van der Waals surface area contributed by atoms with Crippen LogP contribution in [0.4, 0.5) is 0 Å². The SMILES string of the molecule is CCC(=O)O.CCC(C)SS. The summed E-state index contributed by atoms with van der Waals surface area (Å²) in [6.45, 7) is 5.92. The van der Waals surface area contributed by atoms with Gasteiger partial charge in [0.2, 0.25) is 0 Å². The fraction of sp³-hybridized carbons (Fsp3) is 0.857. The second-order valence-electron chi connectivity index (χ2n) is 2.07. The van der Waals surface area contributed by atoms with Crippen LogP contribution in [0.1, 0.15) is 33.6 Å². The molecule has 0 heterocycles. The molecule has 11 heavy (non-hydrogen) atoms. The highest BCUT2D eigenvalue weighted by atomic mass is 33.1. The third-order valence-corrected chi connectivity index (χ3v) is 2.83. The molecular formula is C7H16O2S2. The van der Waals surface area contributed by atoms with Crippen LogP contribution in [0.25, 0.3) is 0 Å². The maximum absolute atomic E-state index is 9.37. The van der Waals surface area contributed by atoms with Crippen LogP contribution in [0, 0.1) is 0 Å². The highest BCUT2D eigenvalue weighted by Crippen LogP contribution is 2.15.